The van der Waals surface area contributed by atoms with Crippen molar-refractivity contribution in [3.63, 3.8) is 0 Å². The molecule has 7 nitrogen and oxygen atoms in total. The fraction of sp³-hybridized carbons (Fsp3) is 0.556. The van der Waals surface area contributed by atoms with Crippen LogP contribution in [-0.4, -0.2) is 46.0 Å². The molecule has 142 valence electrons. The van der Waals surface area contributed by atoms with Crippen molar-refractivity contribution in [1.82, 2.24) is 14.5 Å². The summed E-state index contributed by atoms with van der Waals surface area (Å²) in [6.07, 6.45) is 3.11. The third kappa shape index (κ3) is 4.12. The van der Waals surface area contributed by atoms with E-state index in [4.69, 9.17) is 4.74 Å². The predicted molar refractivity (Wildman–Crippen MR) is 102 cm³/mol. The Hall–Kier alpha value is -2.22. The number of rotatable bonds is 8. The Morgan fingerprint density at radius 3 is 2.46 bits per heavy atom. The molecule has 2 aromatic heterocycles. The monoisotopic (exact) mass is 379 g/mol. The van der Waals surface area contributed by atoms with Gasteiger partial charge in [0.1, 0.15) is 16.3 Å². The van der Waals surface area contributed by atoms with Gasteiger partial charge in [0.2, 0.25) is 5.91 Å². The van der Waals surface area contributed by atoms with Crippen LogP contribution in [0.4, 0.5) is 0 Å². The largest absolute Gasteiger partial charge is 0.462 e. The van der Waals surface area contributed by atoms with Gasteiger partial charge in [0.05, 0.1) is 18.3 Å². The van der Waals surface area contributed by atoms with Crippen LogP contribution in [0.15, 0.2) is 11.1 Å². The third-order valence-corrected chi connectivity index (χ3v) is 5.20. The van der Waals surface area contributed by atoms with E-state index in [-0.39, 0.29) is 24.6 Å². The van der Waals surface area contributed by atoms with Crippen molar-refractivity contribution in [2.24, 2.45) is 0 Å². The van der Waals surface area contributed by atoms with Crippen LogP contribution in [0.3, 0.4) is 0 Å². The minimum Gasteiger partial charge on any atom is -0.462 e. The lowest BCUT2D eigenvalue weighted by Gasteiger charge is -2.21. The van der Waals surface area contributed by atoms with Gasteiger partial charge in [0.25, 0.3) is 5.56 Å². The average Bonchev–Trinajstić information content (AvgIpc) is 2.95. The maximum Gasteiger partial charge on any atom is 0.348 e. The van der Waals surface area contributed by atoms with Gasteiger partial charge < -0.3 is 9.64 Å². The summed E-state index contributed by atoms with van der Waals surface area (Å²) in [5.74, 6) is -0.553. The van der Waals surface area contributed by atoms with Crippen LogP contribution >= 0.6 is 11.3 Å². The second-order valence-electron chi connectivity index (χ2n) is 6.02. The number of carbonyl (C=O) groups is 2. The van der Waals surface area contributed by atoms with Gasteiger partial charge in [-0.1, -0.05) is 13.8 Å². The molecule has 0 aliphatic carbocycles. The zero-order valence-corrected chi connectivity index (χ0v) is 16.5. The lowest BCUT2D eigenvalue weighted by molar-refractivity contribution is -0.132. The van der Waals surface area contributed by atoms with Gasteiger partial charge in [0.15, 0.2) is 0 Å². The molecule has 0 bridgehead atoms. The molecule has 26 heavy (non-hydrogen) atoms. The molecule has 0 aliphatic heterocycles. The molecule has 0 aliphatic rings. The van der Waals surface area contributed by atoms with Crippen molar-refractivity contribution in [1.29, 1.82) is 0 Å². The minimum absolute atomic E-state index is 0.0498. The molecule has 0 saturated heterocycles. The number of carbonyl (C=O) groups excluding carboxylic acids is 2. The van der Waals surface area contributed by atoms with E-state index in [2.05, 4.69) is 4.98 Å². The average molecular weight is 379 g/mol. The predicted octanol–water partition coefficient (Wildman–Crippen LogP) is 2.59. The smallest absolute Gasteiger partial charge is 0.348 e. The van der Waals surface area contributed by atoms with E-state index in [0.717, 1.165) is 24.2 Å². The summed E-state index contributed by atoms with van der Waals surface area (Å²) in [5.41, 5.74) is 0.252. The van der Waals surface area contributed by atoms with Crippen LogP contribution in [0.1, 0.15) is 48.8 Å². The number of fused-ring (bicyclic) bond motifs is 1. The van der Waals surface area contributed by atoms with Crippen LogP contribution in [-0.2, 0) is 16.1 Å². The molecule has 8 heteroatoms. The molecule has 0 N–H and O–H groups in total. The van der Waals surface area contributed by atoms with Crippen molar-refractivity contribution < 1.29 is 14.3 Å². The summed E-state index contributed by atoms with van der Waals surface area (Å²) < 4.78 is 6.35. The number of aryl methyl sites for hydroxylation is 1. The van der Waals surface area contributed by atoms with Gasteiger partial charge in [-0.25, -0.2) is 9.78 Å². The Morgan fingerprint density at radius 1 is 1.23 bits per heavy atom. The van der Waals surface area contributed by atoms with Crippen molar-refractivity contribution in [3.05, 3.63) is 27.1 Å². The quantitative estimate of drug-likeness (QED) is 0.659. The molecule has 0 radical (unpaired) electrons. The van der Waals surface area contributed by atoms with Crippen molar-refractivity contribution in [3.8, 4) is 0 Å². The van der Waals surface area contributed by atoms with Crippen molar-refractivity contribution >= 4 is 33.4 Å². The SMILES string of the molecule is CCCN(CCC)C(=O)Cn1cnc2sc(C(=O)OCC)c(C)c2c1=O. The molecule has 2 rings (SSSR count). The van der Waals surface area contributed by atoms with E-state index in [1.165, 1.54) is 10.9 Å². The molecule has 0 spiro atoms. The van der Waals surface area contributed by atoms with E-state index in [0.29, 0.717) is 33.7 Å². The molecule has 0 atom stereocenters. The fourth-order valence-electron chi connectivity index (χ4n) is 2.81. The van der Waals surface area contributed by atoms with Gasteiger partial charge in [-0.3, -0.25) is 14.2 Å². The van der Waals surface area contributed by atoms with Crippen molar-refractivity contribution in [2.75, 3.05) is 19.7 Å². The fourth-order valence-corrected chi connectivity index (χ4v) is 3.84. The summed E-state index contributed by atoms with van der Waals surface area (Å²) in [4.78, 5) is 44.3. The second-order valence-corrected chi connectivity index (χ2v) is 7.01. The standard InChI is InChI=1S/C18H25N3O4S/c1-5-8-20(9-6-2)13(22)10-21-11-19-16-14(17(21)23)12(4)15(26-16)18(24)25-7-3/h11H,5-10H2,1-4H3. The number of amides is 1. The first kappa shape index (κ1) is 20.1. The normalized spacial score (nSPS) is 10.9. The summed E-state index contributed by atoms with van der Waals surface area (Å²) in [7, 11) is 0. The topological polar surface area (TPSA) is 81.5 Å². The number of ether oxygens (including phenoxy) is 1. The molecule has 2 heterocycles. The number of hydrogen-bond donors (Lipinski definition) is 0. The number of thiophene rings is 1. The summed E-state index contributed by atoms with van der Waals surface area (Å²) in [5, 5.41) is 0.380. The third-order valence-electron chi connectivity index (χ3n) is 4.02. The van der Waals surface area contributed by atoms with Gasteiger partial charge >= 0.3 is 5.97 Å². The molecule has 0 fully saturated rings. The first-order valence-electron chi connectivity index (χ1n) is 8.87. The molecular formula is C18H25N3O4S. The Balaban J connectivity index is 2.37. The second kappa shape index (κ2) is 8.93. The Bertz CT molecular complexity index is 850. The first-order chi connectivity index (χ1) is 12.4. The van der Waals surface area contributed by atoms with Crippen LogP contribution in [0.2, 0.25) is 0 Å². The maximum absolute atomic E-state index is 12.8. The van der Waals surface area contributed by atoms with Crippen molar-refractivity contribution in [2.45, 2.75) is 47.1 Å². The van der Waals surface area contributed by atoms with Gasteiger partial charge in [-0.2, -0.15) is 0 Å². The Morgan fingerprint density at radius 2 is 1.88 bits per heavy atom. The van der Waals surface area contributed by atoms with E-state index < -0.39 is 5.97 Å². The number of aromatic nitrogens is 2. The lowest BCUT2D eigenvalue weighted by Crippen LogP contribution is -2.37. The van der Waals surface area contributed by atoms with Crippen LogP contribution in [0.25, 0.3) is 10.2 Å². The zero-order chi connectivity index (χ0) is 19.3. The minimum atomic E-state index is -0.452. The number of hydrogen-bond acceptors (Lipinski definition) is 6. The Kier molecular flexibility index (Phi) is 6.90. The summed E-state index contributed by atoms with van der Waals surface area (Å²) in [6.45, 7) is 9.03. The molecule has 1 amide bonds. The highest BCUT2D eigenvalue weighted by atomic mass is 32.1. The molecule has 0 aromatic carbocycles. The highest BCUT2D eigenvalue weighted by Crippen LogP contribution is 2.27. The molecule has 0 unspecified atom stereocenters. The lowest BCUT2D eigenvalue weighted by atomic mass is 10.2. The van der Waals surface area contributed by atoms with E-state index in [1.54, 1.807) is 18.7 Å². The first-order valence-corrected chi connectivity index (χ1v) is 9.69. The molecule has 0 saturated carbocycles. The van der Waals surface area contributed by atoms with Crippen LogP contribution in [0.5, 0.6) is 0 Å². The number of esters is 1. The highest BCUT2D eigenvalue weighted by Gasteiger charge is 2.21. The maximum atomic E-state index is 12.8. The summed E-state index contributed by atoms with van der Waals surface area (Å²) in [6, 6.07) is 0. The van der Waals surface area contributed by atoms with Crippen LogP contribution in [0, 0.1) is 6.92 Å². The van der Waals surface area contributed by atoms with Gasteiger partial charge in [-0.15, -0.1) is 11.3 Å². The van der Waals surface area contributed by atoms with E-state index >= 15 is 0 Å². The van der Waals surface area contributed by atoms with E-state index in [1.807, 2.05) is 13.8 Å². The molecular weight excluding hydrogens is 354 g/mol. The zero-order valence-electron chi connectivity index (χ0n) is 15.7. The van der Waals surface area contributed by atoms with Gasteiger partial charge in [-0.05, 0) is 32.3 Å². The van der Waals surface area contributed by atoms with Gasteiger partial charge in [0, 0.05) is 13.1 Å². The summed E-state index contributed by atoms with van der Waals surface area (Å²) >= 11 is 1.14. The van der Waals surface area contributed by atoms with E-state index in [9.17, 15) is 14.4 Å². The highest BCUT2D eigenvalue weighted by molar-refractivity contribution is 7.20. The Labute approximate surface area is 156 Å². The molecule has 2 aromatic rings. The number of nitrogens with zero attached hydrogens (tertiary/aromatic N) is 3. The van der Waals surface area contributed by atoms with Crippen LogP contribution < -0.4 is 5.56 Å².